The van der Waals surface area contributed by atoms with Crippen LogP contribution in [0.5, 0.6) is 0 Å². The first-order valence-electron chi connectivity index (χ1n) is 4.34. The molecule has 1 fully saturated rings. The van der Waals surface area contributed by atoms with Gasteiger partial charge in [-0.05, 0) is 18.8 Å². The minimum absolute atomic E-state index is 0.0375. The summed E-state index contributed by atoms with van der Waals surface area (Å²) in [5.41, 5.74) is -0.0375. The van der Waals surface area contributed by atoms with Crippen molar-refractivity contribution in [1.82, 2.24) is 4.74 Å². The fraction of sp³-hybridized carbons (Fsp3) is 0.667. The van der Waals surface area contributed by atoms with Crippen LogP contribution in [0.15, 0.2) is 15.4 Å². The zero-order valence-corrected chi connectivity index (χ0v) is 7.41. The van der Waals surface area contributed by atoms with Crippen molar-refractivity contribution in [2.75, 3.05) is 0 Å². The minimum atomic E-state index is -0.0375. The molecule has 1 aromatic heterocycles. The molecule has 0 N–H and O–H groups in total. The van der Waals surface area contributed by atoms with E-state index in [1.165, 1.54) is 4.74 Å². The molecule has 1 aromatic rings. The molecule has 0 aromatic carbocycles. The number of rotatable bonds is 1. The molecular formula is C9H13NO2. The quantitative estimate of drug-likeness (QED) is 0.635. The first-order valence-corrected chi connectivity index (χ1v) is 4.34. The third kappa shape index (κ3) is 1.09. The number of nitrogens with zero attached hydrogens (tertiary/aromatic N) is 1. The molecule has 0 aliphatic heterocycles. The smallest absolute Gasteiger partial charge is 0.282 e. The summed E-state index contributed by atoms with van der Waals surface area (Å²) in [5.74, 6) is 2.15. The van der Waals surface area contributed by atoms with Crippen molar-refractivity contribution < 1.29 is 4.52 Å². The Bertz CT molecular complexity index is 331. The number of hydrogen-bond acceptors (Lipinski definition) is 2. The molecular weight excluding hydrogens is 154 g/mol. The van der Waals surface area contributed by atoms with Crippen molar-refractivity contribution in [3.8, 4) is 0 Å². The average Bonchev–Trinajstić information content (AvgIpc) is 2.26. The second-order valence-corrected chi connectivity index (χ2v) is 3.75. The van der Waals surface area contributed by atoms with Crippen LogP contribution in [0.1, 0.15) is 31.4 Å². The normalized spacial score (nSPS) is 28.5. The molecule has 0 amide bonds. The first kappa shape index (κ1) is 7.65. The third-order valence-electron chi connectivity index (χ3n) is 2.59. The highest BCUT2D eigenvalue weighted by atomic mass is 16.5. The Morgan fingerprint density at radius 1 is 1.58 bits per heavy atom. The predicted octanol–water partition coefficient (Wildman–Crippen LogP) is 1.49. The lowest BCUT2D eigenvalue weighted by molar-refractivity contribution is 0.201. The molecule has 3 nitrogen and oxygen atoms in total. The molecule has 1 aliphatic rings. The van der Waals surface area contributed by atoms with E-state index >= 15 is 0 Å². The topological polar surface area (TPSA) is 35.1 Å². The summed E-state index contributed by atoms with van der Waals surface area (Å²) >= 11 is 0. The summed E-state index contributed by atoms with van der Waals surface area (Å²) in [6.45, 7) is 2.22. The standard InChI is InChI=1S/C9H13NO2/c1-6-3-7(4-6)8-5-9(11)10(2)12-8/h5-7H,3-4H2,1-2H3. The van der Waals surface area contributed by atoms with Crippen molar-refractivity contribution in [3.05, 3.63) is 22.2 Å². The predicted molar refractivity (Wildman–Crippen MR) is 45.1 cm³/mol. The maximum absolute atomic E-state index is 11.0. The van der Waals surface area contributed by atoms with Crippen molar-refractivity contribution >= 4 is 0 Å². The van der Waals surface area contributed by atoms with Gasteiger partial charge in [0, 0.05) is 19.0 Å². The van der Waals surface area contributed by atoms with Gasteiger partial charge < -0.3 is 4.52 Å². The van der Waals surface area contributed by atoms with Gasteiger partial charge in [0.05, 0.1) is 0 Å². The summed E-state index contributed by atoms with van der Waals surface area (Å²) in [4.78, 5) is 11.0. The average molecular weight is 167 g/mol. The zero-order chi connectivity index (χ0) is 8.72. The van der Waals surface area contributed by atoms with E-state index in [0.29, 0.717) is 5.92 Å². The maximum atomic E-state index is 11.0. The van der Waals surface area contributed by atoms with Crippen LogP contribution >= 0.6 is 0 Å². The van der Waals surface area contributed by atoms with Gasteiger partial charge in [0.2, 0.25) is 0 Å². The molecule has 0 saturated heterocycles. The lowest BCUT2D eigenvalue weighted by Gasteiger charge is -2.30. The number of aromatic nitrogens is 1. The monoisotopic (exact) mass is 167 g/mol. The Morgan fingerprint density at radius 3 is 2.67 bits per heavy atom. The summed E-state index contributed by atoms with van der Waals surface area (Å²) in [7, 11) is 1.65. The Kier molecular flexibility index (Phi) is 1.60. The van der Waals surface area contributed by atoms with Crippen LogP contribution < -0.4 is 5.56 Å². The van der Waals surface area contributed by atoms with Crippen molar-refractivity contribution in [3.63, 3.8) is 0 Å². The largest absolute Gasteiger partial charge is 0.381 e. The molecule has 1 aliphatic carbocycles. The Labute approximate surface area is 71.0 Å². The number of aryl methyl sites for hydroxylation is 1. The van der Waals surface area contributed by atoms with E-state index in [1.54, 1.807) is 13.1 Å². The molecule has 2 rings (SSSR count). The van der Waals surface area contributed by atoms with E-state index in [2.05, 4.69) is 6.92 Å². The second-order valence-electron chi connectivity index (χ2n) is 3.75. The third-order valence-corrected chi connectivity index (χ3v) is 2.59. The first-order chi connectivity index (χ1) is 5.66. The van der Waals surface area contributed by atoms with Crippen LogP contribution in [0.25, 0.3) is 0 Å². The van der Waals surface area contributed by atoms with Crippen LogP contribution in [0.2, 0.25) is 0 Å². The SMILES string of the molecule is CC1CC(c2cc(=O)n(C)o2)C1. The van der Waals surface area contributed by atoms with Crippen molar-refractivity contribution in [1.29, 1.82) is 0 Å². The van der Waals surface area contributed by atoms with Crippen LogP contribution in [-0.2, 0) is 7.05 Å². The summed E-state index contributed by atoms with van der Waals surface area (Å²) in [6, 6.07) is 1.61. The molecule has 1 saturated carbocycles. The van der Waals surface area contributed by atoms with E-state index in [-0.39, 0.29) is 5.56 Å². The molecule has 3 heteroatoms. The molecule has 1 heterocycles. The molecule has 12 heavy (non-hydrogen) atoms. The summed E-state index contributed by atoms with van der Waals surface area (Å²) in [6.07, 6.45) is 2.32. The van der Waals surface area contributed by atoms with Gasteiger partial charge in [0.25, 0.3) is 5.56 Å². The molecule has 0 spiro atoms. The maximum Gasteiger partial charge on any atom is 0.282 e. The van der Waals surface area contributed by atoms with E-state index in [4.69, 9.17) is 4.52 Å². The highest BCUT2D eigenvalue weighted by Crippen LogP contribution is 2.40. The Hall–Kier alpha value is -0.990. The van der Waals surface area contributed by atoms with Gasteiger partial charge in [-0.15, -0.1) is 0 Å². The minimum Gasteiger partial charge on any atom is -0.381 e. The highest BCUT2D eigenvalue weighted by molar-refractivity contribution is 5.07. The lowest BCUT2D eigenvalue weighted by Crippen LogP contribution is -2.18. The second kappa shape index (κ2) is 2.51. The van der Waals surface area contributed by atoms with E-state index in [0.717, 1.165) is 24.5 Å². The van der Waals surface area contributed by atoms with E-state index in [1.807, 2.05) is 0 Å². The van der Waals surface area contributed by atoms with Crippen LogP contribution in [0.4, 0.5) is 0 Å². The fourth-order valence-corrected chi connectivity index (χ4v) is 1.77. The van der Waals surface area contributed by atoms with Crippen LogP contribution in [0, 0.1) is 5.92 Å². The molecule has 0 unspecified atom stereocenters. The zero-order valence-electron chi connectivity index (χ0n) is 7.41. The highest BCUT2D eigenvalue weighted by Gasteiger charge is 2.29. The summed E-state index contributed by atoms with van der Waals surface area (Å²) in [5, 5.41) is 0. The summed E-state index contributed by atoms with van der Waals surface area (Å²) < 4.78 is 6.56. The van der Waals surface area contributed by atoms with E-state index in [9.17, 15) is 4.79 Å². The molecule has 66 valence electrons. The van der Waals surface area contributed by atoms with Gasteiger partial charge in [0.1, 0.15) is 5.76 Å². The molecule has 0 radical (unpaired) electrons. The number of hydrogen-bond donors (Lipinski definition) is 0. The van der Waals surface area contributed by atoms with Gasteiger partial charge in [-0.3, -0.25) is 4.79 Å². The van der Waals surface area contributed by atoms with Gasteiger partial charge in [-0.1, -0.05) is 6.92 Å². The van der Waals surface area contributed by atoms with Crippen molar-refractivity contribution in [2.24, 2.45) is 13.0 Å². The molecule has 0 atom stereocenters. The Morgan fingerprint density at radius 2 is 2.25 bits per heavy atom. The van der Waals surface area contributed by atoms with Gasteiger partial charge >= 0.3 is 0 Å². The Balaban J connectivity index is 2.19. The van der Waals surface area contributed by atoms with Crippen molar-refractivity contribution in [2.45, 2.75) is 25.7 Å². The van der Waals surface area contributed by atoms with Crippen LogP contribution in [0.3, 0.4) is 0 Å². The van der Waals surface area contributed by atoms with Gasteiger partial charge in [0.15, 0.2) is 0 Å². The van der Waals surface area contributed by atoms with Crippen LogP contribution in [-0.4, -0.2) is 4.74 Å². The van der Waals surface area contributed by atoms with Gasteiger partial charge in [-0.25, -0.2) is 0 Å². The fourth-order valence-electron chi connectivity index (χ4n) is 1.77. The molecule has 0 bridgehead atoms. The lowest BCUT2D eigenvalue weighted by atomic mass is 9.75. The van der Waals surface area contributed by atoms with E-state index < -0.39 is 0 Å². The van der Waals surface area contributed by atoms with Gasteiger partial charge in [-0.2, -0.15) is 4.74 Å².